The third-order valence-electron chi connectivity index (χ3n) is 3.73. The Kier molecular flexibility index (Phi) is 3.44. The number of carboxylic acids is 1. The second-order valence-corrected chi connectivity index (χ2v) is 5.07. The third kappa shape index (κ3) is 2.52. The molecule has 0 fully saturated rings. The average molecular weight is 281 g/mol. The van der Waals surface area contributed by atoms with Crippen LogP contribution in [0.25, 0.3) is 0 Å². The third-order valence-corrected chi connectivity index (χ3v) is 3.73. The topological polar surface area (TPSA) is 57.6 Å². The first-order valence-corrected chi connectivity index (χ1v) is 6.86. The van der Waals surface area contributed by atoms with Gasteiger partial charge < -0.3 is 5.11 Å². The Morgan fingerprint density at radius 2 is 1.62 bits per heavy atom. The van der Waals surface area contributed by atoms with Crippen LogP contribution in [-0.2, 0) is 17.6 Å². The van der Waals surface area contributed by atoms with Crippen molar-refractivity contribution in [3.05, 3.63) is 65.2 Å². The first-order valence-electron chi connectivity index (χ1n) is 6.86. The van der Waals surface area contributed by atoms with Gasteiger partial charge in [-0.25, -0.2) is 0 Å². The summed E-state index contributed by atoms with van der Waals surface area (Å²) in [5.41, 5.74) is 3.25. The van der Waals surface area contributed by atoms with Crippen molar-refractivity contribution >= 4 is 17.6 Å². The fourth-order valence-electron chi connectivity index (χ4n) is 2.75. The highest BCUT2D eigenvalue weighted by Crippen LogP contribution is 2.28. The standard InChI is InChI=1S/C17H15NO3/c19-16(20)11-18-15-8-4-2-6-13(15)10-9-12-5-1-3-7-14(12)17(18)21/h1-8H,9-11H2,(H,19,20). The highest BCUT2D eigenvalue weighted by molar-refractivity contribution is 6.09. The van der Waals surface area contributed by atoms with E-state index in [2.05, 4.69) is 0 Å². The maximum absolute atomic E-state index is 12.8. The molecule has 106 valence electrons. The summed E-state index contributed by atoms with van der Waals surface area (Å²) in [5, 5.41) is 9.13. The van der Waals surface area contributed by atoms with Gasteiger partial charge in [0.2, 0.25) is 0 Å². The minimum atomic E-state index is -1.02. The number of rotatable bonds is 2. The molecule has 0 spiro atoms. The van der Waals surface area contributed by atoms with Crippen LogP contribution in [0.2, 0.25) is 0 Å². The molecule has 0 bridgehead atoms. The van der Waals surface area contributed by atoms with Crippen LogP contribution in [0.15, 0.2) is 48.5 Å². The van der Waals surface area contributed by atoms with Gasteiger partial charge in [0.15, 0.2) is 0 Å². The molecule has 4 heteroatoms. The van der Waals surface area contributed by atoms with Gasteiger partial charge >= 0.3 is 5.97 Å². The number of hydrogen-bond donors (Lipinski definition) is 1. The van der Waals surface area contributed by atoms with E-state index in [0.29, 0.717) is 11.3 Å². The number of nitrogens with zero attached hydrogens (tertiary/aromatic N) is 1. The number of amides is 1. The summed E-state index contributed by atoms with van der Waals surface area (Å²) in [6, 6.07) is 14.9. The summed E-state index contributed by atoms with van der Waals surface area (Å²) in [4.78, 5) is 25.2. The minimum Gasteiger partial charge on any atom is -0.480 e. The highest BCUT2D eigenvalue weighted by Gasteiger charge is 2.26. The molecule has 1 N–H and O–H groups in total. The zero-order chi connectivity index (χ0) is 14.8. The van der Waals surface area contributed by atoms with Crippen LogP contribution in [0.3, 0.4) is 0 Å². The second kappa shape index (κ2) is 5.40. The smallest absolute Gasteiger partial charge is 0.323 e. The summed E-state index contributed by atoms with van der Waals surface area (Å²) in [6.45, 7) is -0.329. The monoisotopic (exact) mass is 281 g/mol. The van der Waals surface area contributed by atoms with Crippen molar-refractivity contribution in [1.82, 2.24) is 0 Å². The fourth-order valence-corrected chi connectivity index (χ4v) is 2.75. The number of fused-ring (bicyclic) bond motifs is 2. The van der Waals surface area contributed by atoms with Gasteiger partial charge in [-0.1, -0.05) is 36.4 Å². The molecular formula is C17H15NO3. The number of carbonyl (C=O) groups is 2. The van der Waals surface area contributed by atoms with Gasteiger partial charge in [-0.3, -0.25) is 14.5 Å². The van der Waals surface area contributed by atoms with Gasteiger partial charge in [0.1, 0.15) is 6.54 Å². The first kappa shape index (κ1) is 13.4. The normalized spacial score (nSPS) is 13.9. The number of carboxylic acid groups (broad SMARTS) is 1. The zero-order valence-electron chi connectivity index (χ0n) is 11.5. The molecule has 2 aromatic carbocycles. The van der Waals surface area contributed by atoms with Crippen LogP contribution < -0.4 is 4.90 Å². The highest BCUT2D eigenvalue weighted by atomic mass is 16.4. The van der Waals surface area contributed by atoms with Crippen molar-refractivity contribution in [3.63, 3.8) is 0 Å². The number of aliphatic carboxylic acids is 1. The lowest BCUT2D eigenvalue weighted by Crippen LogP contribution is -2.37. The van der Waals surface area contributed by atoms with Crippen LogP contribution >= 0.6 is 0 Å². The zero-order valence-corrected chi connectivity index (χ0v) is 11.5. The maximum atomic E-state index is 12.8. The Labute approximate surface area is 122 Å². The van der Waals surface area contributed by atoms with Crippen molar-refractivity contribution in [2.24, 2.45) is 0 Å². The van der Waals surface area contributed by atoms with Gasteiger partial charge in [-0.15, -0.1) is 0 Å². The summed E-state index contributed by atoms with van der Waals surface area (Å²) >= 11 is 0. The van der Waals surface area contributed by atoms with Crippen LogP contribution in [0.1, 0.15) is 21.5 Å². The molecule has 0 aliphatic carbocycles. The molecule has 0 saturated heterocycles. The molecule has 0 unspecified atom stereocenters. The molecule has 0 radical (unpaired) electrons. The molecule has 0 saturated carbocycles. The van der Waals surface area contributed by atoms with Gasteiger partial charge in [-0.2, -0.15) is 0 Å². The fraction of sp³-hybridized carbons (Fsp3) is 0.176. The number of anilines is 1. The molecule has 1 aliphatic heterocycles. The number of para-hydroxylation sites is 1. The van der Waals surface area contributed by atoms with E-state index in [-0.39, 0.29) is 12.5 Å². The van der Waals surface area contributed by atoms with Crippen LogP contribution in [-0.4, -0.2) is 23.5 Å². The summed E-state index contributed by atoms with van der Waals surface area (Å²) < 4.78 is 0. The van der Waals surface area contributed by atoms with Crippen LogP contribution in [0.4, 0.5) is 5.69 Å². The van der Waals surface area contributed by atoms with Gasteiger partial charge in [0, 0.05) is 11.3 Å². The van der Waals surface area contributed by atoms with E-state index in [1.807, 2.05) is 42.5 Å². The first-order chi connectivity index (χ1) is 10.2. The van der Waals surface area contributed by atoms with Gasteiger partial charge in [-0.05, 0) is 36.1 Å². The molecule has 4 nitrogen and oxygen atoms in total. The van der Waals surface area contributed by atoms with Crippen LogP contribution in [0, 0.1) is 0 Å². The lowest BCUT2D eigenvalue weighted by atomic mass is 9.95. The average Bonchev–Trinajstić information content (AvgIpc) is 2.49. The van der Waals surface area contributed by atoms with E-state index >= 15 is 0 Å². The molecule has 0 atom stereocenters. The Morgan fingerprint density at radius 3 is 2.38 bits per heavy atom. The molecule has 3 rings (SSSR count). The van der Waals surface area contributed by atoms with E-state index in [9.17, 15) is 9.59 Å². The number of aryl methyl sites for hydroxylation is 2. The van der Waals surface area contributed by atoms with Gasteiger partial charge in [0.05, 0.1) is 0 Å². The Balaban J connectivity index is 2.13. The van der Waals surface area contributed by atoms with Gasteiger partial charge in [0.25, 0.3) is 5.91 Å². The van der Waals surface area contributed by atoms with E-state index in [4.69, 9.17) is 5.11 Å². The SMILES string of the molecule is O=C(O)CN1C(=O)c2ccccc2CCc2ccccc21. The van der Waals surface area contributed by atoms with E-state index in [0.717, 1.165) is 24.0 Å². The maximum Gasteiger partial charge on any atom is 0.323 e. The van der Waals surface area contributed by atoms with E-state index < -0.39 is 5.97 Å². The molecular weight excluding hydrogens is 266 g/mol. The Hall–Kier alpha value is -2.62. The lowest BCUT2D eigenvalue weighted by Gasteiger charge is -2.27. The minimum absolute atomic E-state index is 0.250. The van der Waals surface area contributed by atoms with Crippen LogP contribution in [0.5, 0.6) is 0 Å². The lowest BCUT2D eigenvalue weighted by molar-refractivity contribution is -0.135. The second-order valence-electron chi connectivity index (χ2n) is 5.07. The molecule has 1 heterocycles. The number of carbonyl (C=O) groups excluding carboxylic acids is 1. The van der Waals surface area contributed by atoms with Crippen molar-refractivity contribution in [3.8, 4) is 0 Å². The largest absolute Gasteiger partial charge is 0.480 e. The van der Waals surface area contributed by atoms with Crippen molar-refractivity contribution in [2.75, 3.05) is 11.4 Å². The quantitative estimate of drug-likeness (QED) is 0.920. The molecule has 1 aliphatic rings. The number of benzene rings is 2. The predicted molar refractivity (Wildman–Crippen MR) is 79.6 cm³/mol. The van der Waals surface area contributed by atoms with Crippen molar-refractivity contribution < 1.29 is 14.7 Å². The number of hydrogen-bond acceptors (Lipinski definition) is 2. The molecule has 0 aromatic heterocycles. The van der Waals surface area contributed by atoms with E-state index in [1.165, 1.54) is 4.90 Å². The Bertz CT molecular complexity index is 709. The van der Waals surface area contributed by atoms with Crippen molar-refractivity contribution in [1.29, 1.82) is 0 Å². The molecule has 1 amide bonds. The predicted octanol–water partition coefficient (Wildman–Crippen LogP) is 2.52. The van der Waals surface area contributed by atoms with E-state index in [1.54, 1.807) is 6.07 Å². The Morgan fingerprint density at radius 1 is 1.00 bits per heavy atom. The summed E-state index contributed by atoms with van der Waals surface area (Å²) in [7, 11) is 0. The summed E-state index contributed by atoms with van der Waals surface area (Å²) in [5.74, 6) is -1.27. The molecule has 2 aromatic rings. The van der Waals surface area contributed by atoms with Crippen molar-refractivity contribution in [2.45, 2.75) is 12.8 Å². The summed E-state index contributed by atoms with van der Waals surface area (Å²) in [6.07, 6.45) is 1.57. The molecule has 21 heavy (non-hydrogen) atoms.